The number of ether oxygens (including phenoxy) is 1. The normalized spacial score (nSPS) is 16.3. The number of β-amino-alcohol motifs (C(OH)–C–C–N with tert-alkyl or cyclic N) is 1. The number of aryl methyl sites for hydroxylation is 3. The number of nitrogens with zero attached hydrogens (tertiary/aromatic N) is 2. The predicted molar refractivity (Wildman–Crippen MR) is 117 cm³/mol. The summed E-state index contributed by atoms with van der Waals surface area (Å²) in [6.45, 7) is 15.5. The van der Waals surface area contributed by atoms with Gasteiger partial charge in [-0.1, -0.05) is 24.3 Å². The second-order valence-electron chi connectivity index (χ2n) is 8.13. The van der Waals surface area contributed by atoms with Crippen molar-refractivity contribution in [3.8, 4) is 5.75 Å². The number of hydrogen-bond acceptors (Lipinski definition) is 4. The fraction of sp³-hybridized carbons (Fsp3) is 0.500. The molecule has 1 atom stereocenters. The monoisotopic (exact) mass is 382 g/mol. The minimum atomic E-state index is -0.480. The minimum absolute atomic E-state index is 0.336. The van der Waals surface area contributed by atoms with Crippen molar-refractivity contribution >= 4 is 5.69 Å². The first-order chi connectivity index (χ1) is 13.4. The van der Waals surface area contributed by atoms with Crippen molar-refractivity contribution in [2.24, 2.45) is 0 Å². The molecule has 4 heteroatoms. The van der Waals surface area contributed by atoms with Gasteiger partial charge in [0.1, 0.15) is 18.5 Å². The molecule has 2 aromatic carbocycles. The molecule has 0 saturated carbocycles. The molecule has 1 saturated heterocycles. The van der Waals surface area contributed by atoms with Crippen LogP contribution >= 0.6 is 0 Å². The van der Waals surface area contributed by atoms with E-state index < -0.39 is 6.10 Å². The van der Waals surface area contributed by atoms with Crippen LogP contribution in [0.1, 0.15) is 27.8 Å². The summed E-state index contributed by atoms with van der Waals surface area (Å²) in [4.78, 5) is 4.80. The van der Waals surface area contributed by atoms with E-state index in [9.17, 15) is 5.11 Å². The highest BCUT2D eigenvalue weighted by atomic mass is 16.5. The second-order valence-corrected chi connectivity index (χ2v) is 8.13. The van der Waals surface area contributed by atoms with E-state index in [1.165, 1.54) is 22.4 Å². The zero-order valence-corrected chi connectivity index (χ0v) is 18.0. The van der Waals surface area contributed by atoms with E-state index in [0.29, 0.717) is 13.2 Å². The molecule has 28 heavy (non-hydrogen) atoms. The highest BCUT2D eigenvalue weighted by Gasteiger charge is 2.21. The zero-order chi connectivity index (χ0) is 20.3. The summed E-state index contributed by atoms with van der Waals surface area (Å²) in [5.74, 6) is 0.916. The van der Waals surface area contributed by atoms with Crippen molar-refractivity contribution in [1.29, 1.82) is 0 Å². The Kier molecular flexibility index (Phi) is 6.63. The maximum absolute atomic E-state index is 10.5. The van der Waals surface area contributed by atoms with Crippen LogP contribution in [0.4, 0.5) is 5.69 Å². The Bertz CT molecular complexity index is 810. The average molecular weight is 383 g/mol. The molecule has 1 fully saturated rings. The average Bonchev–Trinajstić information content (AvgIpc) is 2.68. The van der Waals surface area contributed by atoms with E-state index >= 15 is 0 Å². The molecule has 2 aromatic rings. The lowest BCUT2D eigenvalue weighted by Gasteiger charge is -2.37. The summed E-state index contributed by atoms with van der Waals surface area (Å²) in [5.41, 5.74) is 7.56. The Morgan fingerprint density at radius 3 is 2.21 bits per heavy atom. The van der Waals surface area contributed by atoms with Crippen LogP contribution in [0.15, 0.2) is 30.3 Å². The van der Waals surface area contributed by atoms with Gasteiger partial charge in [-0.15, -0.1) is 0 Å². The highest BCUT2D eigenvalue weighted by Crippen LogP contribution is 2.26. The number of aliphatic hydroxyl groups excluding tert-OH is 1. The van der Waals surface area contributed by atoms with Crippen molar-refractivity contribution in [2.45, 2.75) is 40.7 Å². The van der Waals surface area contributed by atoms with Gasteiger partial charge in [0.2, 0.25) is 0 Å². The van der Waals surface area contributed by atoms with Crippen LogP contribution in [0.5, 0.6) is 5.75 Å². The Hall–Kier alpha value is -2.04. The standard InChI is InChI=1S/C24H34N2O2/c1-17-7-6-8-23(20(17)4)26-13-11-25(12-14-26)15-22(27)16-28-24-19(3)10-9-18(2)21(24)5/h6-10,22,27H,11-16H2,1-5H3. The molecule has 0 aliphatic carbocycles. The van der Waals surface area contributed by atoms with Crippen molar-refractivity contribution in [3.63, 3.8) is 0 Å². The van der Waals surface area contributed by atoms with Crippen molar-refractivity contribution < 1.29 is 9.84 Å². The molecule has 0 aromatic heterocycles. The number of rotatable bonds is 6. The molecule has 3 rings (SSSR count). The maximum atomic E-state index is 10.5. The molecule has 1 aliphatic heterocycles. The Balaban J connectivity index is 1.50. The molecule has 1 aliphatic rings. The molecular formula is C24H34N2O2. The molecule has 1 N–H and O–H groups in total. The summed E-state index contributed by atoms with van der Waals surface area (Å²) in [7, 11) is 0. The molecule has 0 amide bonds. The molecule has 152 valence electrons. The lowest BCUT2D eigenvalue weighted by molar-refractivity contribution is 0.0658. The maximum Gasteiger partial charge on any atom is 0.125 e. The quantitative estimate of drug-likeness (QED) is 0.825. The SMILES string of the molecule is Cc1cccc(N2CCN(CC(O)COc3c(C)ccc(C)c3C)CC2)c1C. The van der Waals surface area contributed by atoms with Crippen LogP contribution in [0.3, 0.4) is 0 Å². The zero-order valence-electron chi connectivity index (χ0n) is 18.0. The molecular weight excluding hydrogens is 348 g/mol. The summed E-state index contributed by atoms with van der Waals surface area (Å²) in [6, 6.07) is 10.7. The summed E-state index contributed by atoms with van der Waals surface area (Å²) < 4.78 is 5.98. The van der Waals surface area contributed by atoms with Gasteiger partial charge in [0.15, 0.2) is 0 Å². The number of anilines is 1. The van der Waals surface area contributed by atoms with Gasteiger partial charge in [0.25, 0.3) is 0 Å². The highest BCUT2D eigenvalue weighted by molar-refractivity contribution is 5.56. The van der Waals surface area contributed by atoms with Gasteiger partial charge < -0.3 is 14.7 Å². The summed E-state index contributed by atoms with van der Waals surface area (Å²) >= 11 is 0. The largest absolute Gasteiger partial charge is 0.490 e. The van der Waals surface area contributed by atoms with Gasteiger partial charge in [-0.3, -0.25) is 4.90 Å². The van der Waals surface area contributed by atoms with Crippen LogP contribution in [-0.4, -0.2) is 55.4 Å². The lowest BCUT2D eigenvalue weighted by atomic mass is 10.1. The third-order valence-electron chi connectivity index (χ3n) is 6.05. The number of aliphatic hydroxyl groups is 1. The van der Waals surface area contributed by atoms with Crippen LogP contribution in [-0.2, 0) is 0 Å². The van der Waals surface area contributed by atoms with Crippen molar-refractivity contribution in [3.05, 3.63) is 58.1 Å². The van der Waals surface area contributed by atoms with E-state index in [-0.39, 0.29) is 0 Å². The van der Waals surface area contributed by atoms with Gasteiger partial charge in [-0.05, 0) is 68.5 Å². The van der Waals surface area contributed by atoms with Gasteiger partial charge in [0, 0.05) is 38.4 Å². The van der Waals surface area contributed by atoms with Gasteiger partial charge in [0.05, 0.1) is 0 Å². The minimum Gasteiger partial charge on any atom is -0.490 e. The van der Waals surface area contributed by atoms with E-state index in [4.69, 9.17) is 4.74 Å². The first kappa shape index (κ1) is 20.7. The summed E-state index contributed by atoms with van der Waals surface area (Å²) in [5, 5.41) is 10.5. The van der Waals surface area contributed by atoms with Crippen molar-refractivity contribution in [2.75, 3.05) is 44.2 Å². The summed E-state index contributed by atoms with van der Waals surface area (Å²) in [6.07, 6.45) is -0.480. The Labute approximate surface area is 169 Å². The third-order valence-corrected chi connectivity index (χ3v) is 6.05. The first-order valence-electron chi connectivity index (χ1n) is 10.3. The van der Waals surface area contributed by atoms with Crippen LogP contribution in [0.25, 0.3) is 0 Å². The number of benzene rings is 2. The predicted octanol–water partition coefficient (Wildman–Crippen LogP) is 3.79. The number of hydrogen-bond donors (Lipinski definition) is 1. The van der Waals surface area contributed by atoms with Gasteiger partial charge in [-0.2, -0.15) is 0 Å². The van der Waals surface area contributed by atoms with E-state index in [2.05, 4.69) is 74.8 Å². The van der Waals surface area contributed by atoms with Crippen LogP contribution in [0, 0.1) is 34.6 Å². The Morgan fingerprint density at radius 2 is 1.50 bits per heavy atom. The Morgan fingerprint density at radius 1 is 0.857 bits per heavy atom. The first-order valence-corrected chi connectivity index (χ1v) is 10.3. The second kappa shape index (κ2) is 8.97. The fourth-order valence-electron chi connectivity index (χ4n) is 3.93. The molecule has 0 spiro atoms. The van der Waals surface area contributed by atoms with Crippen LogP contribution < -0.4 is 9.64 Å². The molecule has 1 unspecified atom stereocenters. The van der Waals surface area contributed by atoms with E-state index in [0.717, 1.165) is 43.1 Å². The van der Waals surface area contributed by atoms with Crippen LogP contribution in [0.2, 0.25) is 0 Å². The molecule has 1 heterocycles. The molecule has 0 bridgehead atoms. The smallest absolute Gasteiger partial charge is 0.125 e. The topological polar surface area (TPSA) is 35.9 Å². The third kappa shape index (κ3) is 4.68. The van der Waals surface area contributed by atoms with Crippen molar-refractivity contribution in [1.82, 2.24) is 4.90 Å². The van der Waals surface area contributed by atoms with Gasteiger partial charge in [-0.25, -0.2) is 0 Å². The van der Waals surface area contributed by atoms with E-state index in [1.54, 1.807) is 0 Å². The lowest BCUT2D eigenvalue weighted by Crippen LogP contribution is -2.49. The molecule has 0 radical (unpaired) electrons. The van der Waals surface area contributed by atoms with E-state index in [1.807, 2.05) is 0 Å². The molecule has 4 nitrogen and oxygen atoms in total. The fourth-order valence-corrected chi connectivity index (χ4v) is 3.93. The van der Waals surface area contributed by atoms with Gasteiger partial charge >= 0.3 is 0 Å². The number of piperazine rings is 1.